The molecule has 0 bridgehead atoms. The van der Waals surface area contributed by atoms with E-state index in [1.54, 1.807) is 6.07 Å². The average molecular weight is 378 g/mol. The van der Waals surface area contributed by atoms with Crippen molar-refractivity contribution in [1.29, 1.82) is 0 Å². The Morgan fingerprint density at radius 2 is 1.71 bits per heavy atom. The van der Waals surface area contributed by atoms with Gasteiger partial charge in [0.25, 0.3) is 0 Å². The number of alkyl halides is 1. The molecule has 1 unspecified atom stereocenters. The minimum atomic E-state index is -0.397. The van der Waals surface area contributed by atoms with Crippen molar-refractivity contribution < 1.29 is 4.39 Å². The maximum Gasteiger partial charge on any atom is 0.142 e. The molecular formula is C13H8Br2ClF. The van der Waals surface area contributed by atoms with Gasteiger partial charge in [-0.05, 0) is 29.3 Å². The van der Waals surface area contributed by atoms with Crippen LogP contribution in [0.2, 0.25) is 5.02 Å². The summed E-state index contributed by atoms with van der Waals surface area (Å²) in [6.07, 6.45) is 0. The lowest BCUT2D eigenvalue weighted by molar-refractivity contribution is 0.626. The van der Waals surface area contributed by atoms with Crippen LogP contribution in [0.3, 0.4) is 0 Å². The molecule has 0 aliphatic heterocycles. The Hall–Kier alpha value is -0.380. The Morgan fingerprint density at radius 1 is 1.06 bits per heavy atom. The summed E-state index contributed by atoms with van der Waals surface area (Å²) >= 11 is 12.9. The monoisotopic (exact) mass is 376 g/mol. The average Bonchev–Trinajstić information content (AvgIpc) is 2.33. The molecule has 4 heteroatoms. The minimum absolute atomic E-state index is 0.112. The zero-order chi connectivity index (χ0) is 12.4. The van der Waals surface area contributed by atoms with Gasteiger partial charge in [-0.3, -0.25) is 0 Å². The van der Waals surface area contributed by atoms with E-state index < -0.39 is 5.82 Å². The molecule has 2 aromatic rings. The third-order valence-corrected chi connectivity index (χ3v) is 4.37. The van der Waals surface area contributed by atoms with Crippen LogP contribution < -0.4 is 0 Å². The van der Waals surface area contributed by atoms with Gasteiger partial charge < -0.3 is 0 Å². The van der Waals surface area contributed by atoms with Crippen molar-refractivity contribution in [2.24, 2.45) is 0 Å². The van der Waals surface area contributed by atoms with Gasteiger partial charge in [-0.1, -0.05) is 67.7 Å². The van der Waals surface area contributed by atoms with Crippen LogP contribution in [0.1, 0.15) is 16.0 Å². The first-order valence-corrected chi connectivity index (χ1v) is 7.01. The highest BCUT2D eigenvalue weighted by atomic mass is 79.9. The predicted octanol–water partition coefficient (Wildman–Crippen LogP) is 5.73. The predicted molar refractivity (Wildman–Crippen MR) is 76.3 cm³/mol. The highest BCUT2D eigenvalue weighted by molar-refractivity contribution is 9.10. The molecular weight excluding hydrogens is 370 g/mol. The number of benzene rings is 2. The van der Waals surface area contributed by atoms with Crippen LogP contribution in [0.15, 0.2) is 46.9 Å². The second-order valence-corrected chi connectivity index (χ2v) is 5.77. The lowest BCUT2D eigenvalue weighted by Crippen LogP contribution is -1.95. The molecule has 1 atom stereocenters. The van der Waals surface area contributed by atoms with E-state index in [0.29, 0.717) is 0 Å². The summed E-state index contributed by atoms with van der Waals surface area (Å²) in [4.78, 5) is -0.112. The van der Waals surface area contributed by atoms with Gasteiger partial charge in [-0.25, -0.2) is 4.39 Å². The third kappa shape index (κ3) is 2.90. The van der Waals surface area contributed by atoms with Crippen LogP contribution in [0.25, 0.3) is 0 Å². The second-order valence-electron chi connectivity index (χ2n) is 3.56. The van der Waals surface area contributed by atoms with Crippen LogP contribution >= 0.6 is 43.5 Å². The molecule has 0 nitrogen and oxygen atoms in total. The van der Waals surface area contributed by atoms with Crippen LogP contribution in [0, 0.1) is 5.82 Å². The fraction of sp³-hybridized carbons (Fsp3) is 0.0769. The molecule has 0 N–H and O–H groups in total. The van der Waals surface area contributed by atoms with Crippen molar-refractivity contribution >= 4 is 43.5 Å². The van der Waals surface area contributed by atoms with E-state index in [4.69, 9.17) is 11.6 Å². The molecule has 0 spiro atoms. The molecule has 2 rings (SSSR count). The first kappa shape index (κ1) is 13.1. The van der Waals surface area contributed by atoms with E-state index >= 15 is 0 Å². The summed E-state index contributed by atoms with van der Waals surface area (Å²) in [5, 5.41) is 0.164. The smallest absolute Gasteiger partial charge is 0.142 e. The lowest BCUT2D eigenvalue weighted by atomic mass is 10.0. The molecule has 0 aliphatic carbocycles. The SMILES string of the molecule is Fc1cccc(C(Br)c2ccc(Br)cc2)c1Cl. The fourth-order valence-electron chi connectivity index (χ4n) is 1.53. The van der Waals surface area contributed by atoms with Gasteiger partial charge in [0.2, 0.25) is 0 Å². The first-order valence-electron chi connectivity index (χ1n) is 4.93. The summed E-state index contributed by atoms with van der Waals surface area (Å²) in [7, 11) is 0. The normalized spacial score (nSPS) is 12.5. The minimum Gasteiger partial charge on any atom is -0.205 e. The number of hydrogen-bond donors (Lipinski definition) is 0. The van der Waals surface area contributed by atoms with Crippen molar-refractivity contribution in [3.05, 3.63) is 68.9 Å². The topological polar surface area (TPSA) is 0 Å². The van der Waals surface area contributed by atoms with Crippen molar-refractivity contribution in [3.8, 4) is 0 Å². The molecule has 0 amide bonds. The van der Waals surface area contributed by atoms with E-state index in [-0.39, 0.29) is 9.85 Å². The van der Waals surface area contributed by atoms with Crippen LogP contribution in [0.4, 0.5) is 4.39 Å². The van der Waals surface area contributed by atoms with Gasteiger partial charge in [0, 0.05) is 4.47 Å². The Balaban J connectivity index is 2.40. The summed E-state index contributed by atoms with van der Waals surface area (Å²) in [6, 6.07) is 12.6. The molecule has 17 heavy (non-hydrogen) atoms. The Morgan fingerprint density at radius 3 is 2.35 bits per heavy atom. The molecule has 2 aromatic carbocycles. The third-order valence-electron chi connectivity index (χ3n) is 2.42. The van der Waals surface area contributed by atoms with Crippen molar-refractivity contribution in [1.82, 2.24) is 0 Å². The number of rotatable bonds is 2. The maximum atomic E-state index is 13.4. The van der Waals surface area contributed by atoms with Gasteiger partial charge >= 0.3 is 0 Å². The second kappa shape index (κ2) is 5.51. The molecule has 0 aromatic heterocycles. The van der Waals surface area contributed by atoms with Gasteiger partial charge in [0.15, 0.2) is 0 Å². The zero-order valence-corrected chi connectivity index (χ0v) is 12.6. The van der Waals surface area contributed by atoms with Crippen molar-refractivity contribution in [2.75, 3.05) is 0 Å². The summed E-state index contributed by atoms with van der Waals surface area (Å²) in [5.74, 6) is -0.397. The van der Waals surface area contributed by atoms with Crippen molar-refractivity contribution in [2.45, 2.75) is 4.83 Å². The fourth-order valence-corrected chi connectivity index (χ4v) is 2.85. The van der Waals surface area contributed by atoms with Gasteiger partial charge in [0.05, 0.1) is 9.85 Å². The van der Waals surface area contributed by atoms with Crippen LogP contribution in [0.5, 0.6) is 0 Å². The standard InChI is InChI=1S/C13H8Br2ClF/c14-9-6-4-8(5-7-9)12(15)10-2-1-3-11(17)13(10)16/h1-7,12H. The van der Waals surface area contributed by atoms with Crippen molar-refractivity contribution in [3.63, 3.8) is 0 Å². The lowest BCUT2D eigenvalue weighted by Gasteiger charge is -2.12. The molecule has 0 radical (unpaired) electrons. The molecule has 0 aliphatic rings. The summed E-state index contributed by atoms with van der Waals surface area (Å²) < 4.78 is 14.4. The maximum absolute atomic E-state index is 13.4. The number of hydrogen-bond acceptors (Lipinski definition) is 0. The largest absolute Gasteiger partial charge is 0.205 e. The highest BCUT2D eigenvalue weighted by Crippen LogP contribution is 2.36. The summed E-state index contributed by atoms with van der Waals surface area (Å²) in [6.45, 7) is 0. The van der Waals surface area contributed by atoms with Crippen LogP contribution in [-0.4, -0.2) is 0 Å². The van der Waals surface area contributed by atoms with Crippen LogP contribution in [-0.2, 0) is 0 Å². The Bertz CT molecular complexity index is 525. The van der Waals surface area contributed by atoms with Gasteiger partial charge in [-0.2, -0.15) is 0 Å². The van der Waals surface area contributed by atoms with E-state index in [1.165, 1.54) is 6.07 Å². The highest BCUT2D eigenvalue weighted by Gasteiger charge is 2.15. The van der Waals surface area contributed by atoms with E-state index in [0.717, 1.165) is 15.6 Å². The summed E-state index contributed by atoms with van der Waals surface area (Å²) in [5.41, 5.74) is 1.76. The molecule has 0 saturated carbocycles. The molecule has 0 heterocycles. The van der Waals surface area contributed by atoms with E-state index in [2.05, 4.69) is 31.9 Å². The van der Waals surface area contributed by atoms with E-state index in [9.17, 15) is 4.39 Å². The molecule has 0 fully saturated rings. The zero-order valence-electron chi connectivity index (χ0n) is 8.63. The molecule has 88 valence electrons. The van der Waals surface area contributed by atoms with E-state index in [1.807, 2.05) is 30.3 Å². The first-order chi connectivity index (χ1) is 8.09. The van der Waals surface area contributed by atoms with Gasteiger partial charge in [-0.15, -0.1) is 0 Å². The quantitative estimate of drug-likeness (QED) is 0.586. The Labute approximate surface area is 121 Å². The van der Waals surface area contributed by atoms with Gasteiger partial charge in [0.1, 0.15) is 5.82 Å². The molecule has 0 saturated heterocycles. The number of halogens is 4. The Kier molecular flexibility index (Phi) is 4.23.